The average Bonchev–Trinajstić information content (AvgIpc) is 2.93. The van der Waals surface area contributed by atoms with Crippen molar-refractivity contribution in [2.45, 2.75) is 46.0 Å². The summed E-state index contributed by atoms with van der Waals surface area (Å²) in [5.41, 5.74) is -0.0372. The lowest BCUT2D eigenvalue weighted by atomic mass is 9.71. The van der Waals surface area contributed by atoms with Crippen LogP contribution in [0.3, 0.4) is 0 Å². The highest BCUT2D eigenvalue weighted by Crippen LogP contribution is 2.41. The van der Waals surface area contributed by atoms with E-state index in [0.717, 1.165) is 37.1 Å². The Balaban J connectivity index is 1.86. The topological polar surface area (TPSA) is 20.3 Å². The quantitative estimate of drug-likeness (QED) is 0.685. The summed E-state index contributed by atoms with van der Waals surface area (Å²) in [5, 5.41) is 0. The lowest BCUT2D eigenvalue weighted by molar-refractivity contribution is -0.119. The van der Waals surface area contributed by atoms with Gasteiger partial charge < -0.3 is 9.69 Å². The molecular weight excluding hydrogens is 210 g/mol. The van der Waals surface area contributed by atoms with Gasteiger partial charge in [-0.1, -0.05) is 26.7 Å². The molecular formula is C15H27NO. The normalized spacial score (nSPS) is 41.5. The lowest BCUT2D eigenvalue weighted by Gasteiger charge is -2.38. The van der Waals surface area contributed by atoms with Crippen LogP contribution in [0.4, 0.5) is 0 Å². The largest absolute Gasteiger partial charge is 0.305 e. The SMILES string of the molecule is CC1CCCC(C=O)(CN(C)CC2CC2C)C1. The summed E-state index contributed by atoms with van der Waals surface area (Å²) in [6.45, 7) is 6.78. The van der Waals surface area contributed by atoms with Crippen molar-refractivity contribution in [3.63, 3.8) is 0 Å². The first kappa shape index (κ1) is 13.1. The molecule has 2 aliphatic carbocycles. The molecule has 2 rings (SSSR count). The van der Waals surface area contributed by atoms with Crippen LogP contribution >= 0.6 is 0 Å². The van der Waals surface area contributed by atoms with E-state index in [4.69, 9.17) is 0 Å². The molecule has 0 spiro atoms. The third-order valence-electron chi connectivity index (χ3n) is 4.78. The summed E-state index contributed by atoms with van der Waals surface area (Å²) >= 11 is 0. The van der Waals surface area contributed by atoms with Crippen LogP contribution in [-0.2, 0) is 4.79 Å². The molecule has 98 valence electrons. The highest BCUT2D eigenvalue weighted by Gasteiger charge is 2.38. The molecule has 0 radical (unpaired) electrons. The van der Waals surface area contributed by atoms with Crippen LogP contribution in [-0.4, -0.2) is 31.3 Å². The van der Waals surface area contributed by atoms with Crippen molar-refractivity contribution in [3.05, 3.63) is 0 Å². The number of carbonyl (C=O) groups excluding carboxylic acids is 1. The van der Waals surface area contributed by atoms with Gasteiger partial charge in [-0.2, -0.15) is 0 Å². The zero-order valence-electron chi connectivity index (χ0n) is 11.6. The highest BCUT2D eigenvalue weighted by atomic mass is 16.1. The standard InChI is InChI=1S/C15H27NO/c1-12-5-4-6-15(8-12,11-17)10-16(3)9-14-7-13(14)2/h11-14H,4-10H2,1-3H3. The van der Waals surface area contributed by atoms with Gasteiger partial charge in [0.2, 0.25) is 0 Å². The van der Waals surface area contributed by atoms with Crippen LogP contribution in [0.1, 0.15) is 46.0 Å². The van der Waals surface area contributed by atoms with E-state index >= 15 is 0 Å². The van der Waals surface area contributed by atoms with Crippen molar-refractivity contribution < 1.29 is 4.79 Å². The maximum Gasteiger partial charge on any atom is 0.127 e. The van der Waals surface area contributed by atoms with Crippen molar-refractivity contribution in [3.8, 4) is 0 Å². The Hall–Kier alpha value is -0.370. The number of nitrogens with zero attached hydrogens (tertiary/aromatic N) is 1. The summed E-state index contributed by atoms with van der Waals surface area (Å²) in [6.07, 6.45) is 7.38. The van der Waals surface area contributed by atoms with Crippen LogP contribution < -0.4 is 0 Å². The zero-order valence-corrected chi connectivity index (χ0v) is 11.6. The van der Waals surface area contributed by atoms with E-state index in [2.05, 4.69) is 25.8 Å². The minimum Gasteiger partial charge on any atom is -0.305 e. The smallest absolute Gasteiger partial charge is 0.127 e. The lowest BCUT2D eigenvalue weighted by Crippen LogP contribution is -2.41. The number of rotatable bonds is 5. The Bertz CT molecular complexity index is 278. The van der Waals surface area contributed by atoms with Crippen molar-refractivity contribution in [1.82, 2.24) is 4.90 Å². The maximum absolute atomic E-state index is 11.5. The average molecular weight is 237 g/mol. The van der Waals surface area contributed by atoms with E-state index < -0.39 is 0 Å². The van der Waals surface area contributed by atoms with Gasteiger partial charge in [-0.25, -0.2) is 0 Å². The molecule has 2 aliphatic rings. The summed E-state index contributed by atoms with van der Waals surface area (Å²) in [4.78, 5) is 13.9. The number of hydrogen-bond donors (Lipinski definition) is 0. The van der Waals surface area contributed by atoms with Gasteiger partial charge in [0, 0.05) is 18.5 Å². The van der Waals surface area contributed by atoms with E-state index in [1.807, 2.05) is 0 Å². The molecule has 2 fully saturated rings. The molecule has 0 saturated heterocycles. The molecule has 17 heavy (non-hydrogen) atoms. The van der Waals surface area contributed by atoms with Gasteiger partial charge in [-0.05, 0) is 44.1 Å². The maximum atomic E-state index is 11.5. The van der Waals surface area contributed by atoms with Gasteiger partial charge in [0.1, 0.15) is 6.29 Å². The van der Waals surface area contributed by atoms with Gasteiger partial charge in [-0.3, -0.25) is 0 Å². The fourth-order valence-electron chi connectivity index (χ4n) is 3.64. The van der Waals surface area contributed by atoms with E-state index in [-0.39, 0.29) is 5.41 Å². The van der Waals surface area contributed by atoms with Crippen LogP contribution in [0, 0.1) is 23.2 Å². The fraction of sp³-hybridized carbons (Fsp3) is 0.933. The summed E-state index contributed by atoms with van der Waals surface area (Å²) in [7, 11) is 2.19. The van der Waals surface area contributed by atoms with Crippen LogP contribution in [0.15, 0.2) is 0 Å². The molecule has 2 heteroatoms. The van der Waals surface area contributed by atoms with E-state index in [0.29, 0.717) is 0 Å². The Morgan fingerprint density at radius 2 is 2.12 bits per heavy atom. The first-order chi connectivity index (χ1) is 8.04. The monoisotopic (exact) mass is 237 g/mol. The van der Waals surface area contributed by atoms with E-state index in [1.54, 1.807) is 0 Å². The van der Waals surface area contributed by atoms with Gasteiger partial charge in [0.05, 0.1) is 0 Å². The second-order valence-electron chi connectivity index (χ2n) is 6.85. The van der Waals surface area contributed by atoms with Crippen LogP contribution in [0.2, 0.25) is 0 Å². The summed E-state index contributed by atoms with van der Waals surface area (Å²) in [5.74, 6) is 2.53. The molecule has 0 amide bonds. The van der Waals surface area contributed by atoms with Crippen molar-refractivity contribution in [2.24, 2.45) is 23.2 Å². The van der Waals surface area contributed by atoms with Gasteiger partial charge in [0.25, 0.3) is 0 Å². The first-order valence-corrected chi connectivity index (χ1v) is 7.19. The van der Waals surface area contributed by atoms with Crippen LogP contribution in [0.25, 0.3) is 0 Å². The molecule has 4 unspecified atom stereocenters. The van der Waals surface area contributed by atoms with E-state index in [1.165, 1.54) is 32.1 Å². The van der Waals surface area contributed by atoms with Gasteiger partial charge in [-0.15, -0.1) is 0 Å². The minimum absolute atomic E-state index is 0.0372. The third kappa shape index (κ3) is 3.31. The molecule has 0 aromatic rings. The van der Waals surface area contributed by atoms with E-state index in [9.17, 15) is 4.79 Å². The molecule has 2 saturated carbocycles. The van der Waals surface area contributed by atoms with Crippen LogP contribution in [0.5, 0.6) is 0 Å². The first-order valence-electron chi connectivity index (χ1n) is 7.19. The number of aldehydes is 1. The van der Waals surface area contributed by atoms with Crippen molar-refractivity contribution in [1.29, 1.82) is 0 Å². The van der Waals surface area contributed by atoms with Crippen molar-refractivity contribution in [2.75, 3.05) is 20.1 Å². The highest BCUT2D eigenvalue weighted by molar-refractivity contribution is 5.60. The molecule has 0 aliphatic heterocycles. The molecule has 0 heterocycles. The zero-order chi connectivity index (χ0) is 12.5. The third-order valence-corrected chi connectivity index (χ3v) is 4.78. The molecule has 0 N–H and O–H groups in total. The Kier molecular flexibility index (Phi) is 3.92. The molecule has 0 aromatic heterocycles. The molecule has 2 nitrogen and oxygen atoms in total. The second-order valence-corrected chi connectivity index (χ2v) is 6.85. The van der Waals surface area contributed by atoms with Gasteiger partial charge in [0.15, 0.2) is 0 Å². The molecule has 0 bridgehead atoms. The number of carbonyl (C=O) groups is 1. The number of hydrogen-bond acceptors (Lipinski definition) is 2. The predicted octanol–water partition coefficient (Wildman–Crippen LogP) is 2.97. The Morgan fingerprint density at radius 3 is 2.65 bits per heavy atom. The molecule has 4 atom stereocenters. The Morgan fingerprint density at radius 1 is 1.41 bits per heavy atom. The summed E-state index contributed by atoms with van der Waals surface area (Å²) in [6, 6.07) is 0. The molecule has 0 aromatic carbocycles. The van der Waals surface area contributed by atoms with Gasteiger partial charge >= 0.3 is 0 Å². The minimum atomic E-state index is -0.0372. The summed E-state index contributed by atoms with van der Waals surface area (Å²) < 4.78 is 0. The second kappa shape index (κ2) is 5.09. The Labute approximate surface area is 106 Å². The predicted molar refractivity (Wildman–Crippen MR) is 70.9 cm³/mol. The van der Waals surface area contributed by atoms with Crippen molar-refractivity contribution >= 4 is 6.29 Å². The fourth-order valence-corrected chi connectivity index (χ4v) is 3.64.